The molecule has 1 aliphatic heterocycles. The molecular weight excluding hydrogens is 360 g/mol. The second kappa shape index (κ2) is 8.65. The summed E-state index contributed by atoms with van der Waals surface area (Å²) in [6.45, 7) is 3.92. The normalized spacial score (nSPS) is 19.1. The van der Waals surface area contributed by atoms with Gasteiger partial charge >= 0.3 is 0 Å². The Morgan fingerprint density at radius 3 is 2.88 bits per heavy atom. The number of carbonyl (C=O) groups excluding carboxylic acids is 2. The van der Waals surface area contributed by atoms with E-state index in [2.05, 4.69) is 15.6 Å². The third-order valence-electron chi connectivity index (χ3n) is 3.75. The van der Waals surface area contributed by atoms with Crippen LogP contribution in [0.1, 0.15) is 26.7 Å². The Bertz CT molecular complexity index is 752. The molecule has 2 amide bonds. The maximum atomic E-state index is 12.2. The summed E-state index contributed by atoms with van der Waals surface area (Å²) in [6, 6.07) is 4.21. The maximum absolute atomic E-state index is 12.2. The Morgan fingerprint density at radius 2 is 2.27 bits per heavy atom. The van der Waals surface area contributed by atoms with E-state index in [0.29, 0.717) is 10.9 Å². The Kier molecular flexibility index (Phi) is 6.56. The van der Waals surface area contributed by atoms with Crippen molar-refractivity contribution in [1.82, 2.24) is 5.32 Å². The third-order valence-corrected chi connectivity index (χ3v) is 4.85. The van der Waals surface area contributed by atoms with Gasteiger partial charge in [-0.3, -0.25) is 24.7 Å². The number of nitrogens with one attached hydrogen (secondary N) is 2. The fourth-order valence-electron chi connectivity index (χ4n) is 2.16. The van der Waals surface area contributed by atoms with Gasteiger partial charge in [0.2, 0.25) is 11.8 Å². The van der Waals surface area contributed by atoms with Gasteiger partial charge in [-0.25, -0.2) is 0 Å². The first-order chi connectivity index (χ1) is 12.3. The molecule has 1 aromatic carbocycles. The van der Waals surface area contributed by atoms with Crippen molar-refractivity contribution >= 4 is 40.1 Å². The summed E-state index contributed by atoms with van der Waals surface area (Å²) in [5.74, 6) is -0.474. The quantitative estimate of drug-likeness (QED) is 0.553. The number of nitro groups is 1. The predicted octanol–water partition coefficient (Wildman–Crippen LogP) is 2.32. The highest BCUT2D eigenvalue weighted by Gasteiger charge is 2.32. The minimum atomic E-state index is -0.616. The van der Waals surface area contributed by atoms with E-state index in [1.807, 2.05) is 13.8 Å². The number of thioether (sulfide) groups is 1. The summed E-state index contributed by atoms with van der Waals surface area (Å²) in [5.41, 5.74) is -0.224. The standard InChI is InChI=1S/C16H20N4O5S/c1-4-9(2)17-16-19-15(22)13(26-16)8-14(21)18-11-6-5-10(25-3)7-12(11)20(23)24/h5-7,9,13H,4,8H2,1-3H3,(H,18,21)(H,17,19,22)/t9-,13-/m0/s1. The molecule has 10 heteroatoms. The molecular formula is C16H20N4O5S. The molecule has 140 valence electrons. The molecule has 0 aromatic heterocycles. The van der Waals surface area contributed by atoms with E-state index in [-0.39, 0.29) is 29.7 Å². The van der Waals surface area contributed by atoms with E-state index in [4.69, 9.17) is 4.74 Å². The molecule has 0 radical (unpaired) electrons. The first kappa shape index (κ1) is 19.7. The lowest BCUT2D eigenvalue weighted by molar-refractivity contribution is -0.384. The van der Waals surface area contributed by atoms with Crippen molar-refractivity contribution in [2.45, 2.75) is 38.0 Å². The molecule has 1 saturated heterocycles. The van der Waals surface area contributed by atoms with Crippen LogP contribution in [0.25, 0.3) is 0 Å². The molecule has 2 N–H and O–H groups in total. The average molecular weight is 380 g/mol. The van der Waals surface area contributed by atoms with Crippen LogP contribution >= 0.6 is 11.8 Å². The first-order valence-corrected chi connectivity index (χ1v) is 8.89. The summed E-state index contributed by atoms with van der Waals surface area (Å²) in [4.78, 5) is 39.1. The highest BCUT2D eigenvalue weighted by Crippen LogP contribution is 2.30. The van der Waals surface area contributed by atoms with Gasteiger partial charge in [-0.05, 0) is 25.5 Å². The van der Waals surface area contributed by atoms with Crippen LogP contribution in [0.4, 0.5) is 11.4 Å². The Hall–Kier alpha value is -2.62. The van der Waals surface area contributed by atoms with Crippen molar-refractivity contribution in [2.75, 3.05) is 12.4 Å². The molecule has 1 aromatic rings. The van der Waals surface area contributed by atoms with E-state index in [0.717, 1.165) is 6.42 Å². The van der Waals surface area contributed by atoms with E-state index in [1.54, 1.807) is 0 Å². The number of nitrogens with zero attached hydrogens (tertiary/aromatic N) is 2. The zero-order valence-corrected chi connectivity index (χ0v) is 15.5. The van der Waals surface area contributed by atoms with Gasteiger partial charge in [-0.1, -0.05) is 18.7 Å². The Labute approximate surface area is 154 Å². The third kappa shape index (κ3) is 4.94. The number of anilines is 1. The Morgan fingerprint density at radius 1 is 1.54 bits per heavy atom. The number of hydrogen-bond donors (Lipinski definition) is 2. The number of benzene rings is 1. The summed E-state index contributed by atoms with van der Waals surface area (Å²) >= 11 is 1.19. The lowest BCUT2D eigenvalue weighted by atomic mass is 10.2. The van der Waals surface area contributed by atoms with Crippen LogP contribution in [0.2, 0.25) is 0 Å². The number of amides is 2. The van der Waals surface area contributed by atoms with Gasteiger partial charge in [0.15, 0.2) is 5.17 Å². The van der Waals surface area contributed by atoms with Gasteiger partial charge in [-0.15, -0.1) is 0 Å². The molecule has 2 atom stereocenters. The van der Waals surface area contributed by atoms with E-state index >= 15 is 0 Å². The highest BCUT2D eigenvalue weighted by molar-refractivity contribution is 8.15. The molecule has 2 rings (SSSR count). The van der Waals surface area contributed by atoms with E-state index in [9.17, 15) is 19.7 Å². The average Bonchev–Trinajstić information content (AvgIpc) is 2.93. The molecule has 26 heavy (non-hydrogen) atoms. The first-order valence-electron chi connectivity index (χ1n) is 8.01. The largest absolute Gasteiger partial charge is 0.496 e. The maximum Gasteiger partial charge on any atom is 0.296 e. The number of ether oxygens (including phenoxy) is 1. The molecule has 0 aliphatic carbocycles. The van der Waals surface area contributed by atoms with Crippen LogP contribution in [-0.2, 0) is 9.59 Å². The summed E-state index contributed by atoms with van der Waals surface area (Å²) in [7, 11) is 1.39. The minimum Gasteiger partial charge on any atom is -0.496 e. The van der Waals surface area contributed by atoms with Crippen LogP contribution in [0, 0.1) is 10.1 Å². The molecule has 1 heterocycles. The van der Waals surface area contributed by atoms with Gasteiger partial charge in [0, 0.05) is 12.5 Å². The second-order valence-corrected chi connectivity index (χ2v) is 6.87. The number of amidine groups is 1. The van der Waals surface area contributed by atoms with Crippen molar-refractivity contribution in [3.05, 3.63) is 28.3 Å². The summed E-state index contributed by atoms with van der Waals surface area (Å²) < 4.78 is 4.95. The highest BCUT2D eigenvalue weighted by atomic mass is 32.2. The molecule has 9 nitrogen and oxygen atoms in total. The number of rotatable bonds is 7. The predicted molar refractivity (Wildman–Crippen MR) is 99.6 cm³/mol. The second-order valence-electron chi connectivity index (χ2n) is 5.68. The van der Waals surface area contributed by atoms with Gasteiger partial charge in [0.25, 0.3) is 5.69 Å². The lowest BCUT2D eigenvalue weighted by Gasteiger charge is -2.09. The molecule has 1 fully saturated rings. The number of hydrogen-bond acceptors (Lipinski definition) is 7. The number of aliphatic imine (C=N–C) groups is 1. The number of nitro benzene ring substituents is 1. The Balaban J connectivity index is 2.04. The van der Waals surface area contributed by atoms with Crippen LogP contribution in [0.5, 0.6) is 5.75 Å². The molecule has 0 spiro atoms. The summed E-state index contributed by atoms with van der Waals surface area (Å²) in [5, 5.41) is 16.2. The van der Waals surface area contributed by atoms with Crippen molar-refractivity contribution in [3.63, 3.8) is 0 Å². The SMILES string of the molecule is CC[C@H](C)N=C1NC(=O)[C@H](CC(=O)Nc2ccc(OC)cc2[N+](=O)[O-])S1. The number of methoxy groups -OCH3 is 1. The van der Waals surface area contributed by atoms with Crippen molar-refractivity contribution < 1.29 is 19.2 Å². The number of carbonyl (C=O) groups is 2. The summed E-state index contributed by atoms with van der Waals surface area (Å²) in [6.07, 6.45) is 0.728. The fourth-order valence-corrected chi connectivity index (χ4v) is 3.23. The monoisotopic (exact) mass is 380 g/mol. The molecule has 1 aliphatic rings. The van der Waals surface area contributed by atoms with Crippen LogP contribution in [0.3, 0.4) is 0 Å². The molecule has 0 unspecified atom stereocenters. The molecule has 0 bridgehead atoms. The van der Waals surface area contributed by atoms with Gasteiger partial charge in [0.1, 0.15) is 16.7 Å². The fraction of sp³-hybridized carbons (Fsp3) is 0.438. The van der Waals surface area contributed by atoms with E-state index in [1.165, 1.54) is 37.1 Å². The van der Waals surface area contributed by atoms with Crippen molar-refractivity contribution in [1.29, 1.82) is 0 Å². The van der Waals surface area contributed by atoms with Gasteiger partial charge in [0.05, 0.1) is 18.1 Å². The van der Waals surface area contributed by atoms with Gasteiger partial charge < -0.3 is 15.4 Å². The zero-order chi connectivity index (χ0) is 19.3. The smallest absolute Gasteiger partial charge is 0.296 e. The van der Waals surface area contributed by atoms with Crippen LogP contribution < -0.4 is 15.4 Å². The minimum absolute atomic E-state index is 0.0534. The van der Waals surface area contributed by atoms with Crippen LogP contribution in [-0.4, -0.2) is 40.3 Å². The van der Waals surface area contributed by atoms with Gasteiger partial charge in [-0.2, -0.15) is 0 Å². The topological polar surface area (TPSA) is 123 Å². The lowest BCUT2D eigenvalue weighted by Crippen LogP contribution is -2.28. The van der Waals surface area contributed by atoms with Crippen molar-refractivity contribution in [3.8, 4) is 5.75 Å². The van der Waals surface area contributed by atoms with E-state index < -0.39 is 16.1 Å². The molecule has 0 saturated carbocycles. The van der Waals surface area contributed by atoms with Crippen LogP contribution in [0.15, 0.2) is 23.2 Å². The zero-order valence-electron chi connectivity index (χ0n) is 14.6. The van der Waals surface area contributed by atoms with Crippen molar-refractivity contribution in [2.24, 2.45) is 4.99 Å².